The van der Waals surface area contributed by atoms with Crippen LogP contribution in [0.2, 0.25) is 0 Å². The van der Waals surface area contributed by atoms with Gasteiger partial charge in [-0.1, -0.05) is 12.1 Å². The summed E-state index contributed by atoms with van der Waals surface area (Å²) in [5.41, 5.74) is 3.89. The predicted octanol–water partition coefficient (Wildman–Crippen LogP) is 3.04. The van der Waals surface area contributed by atoms with Crippen LogP contribution >= 0.6 is 0 Å². The molecule has 1 unspecified atom stereocenters. The number of rotatable bonds is 4. The van der Waals surface area contributed by atoms with Crippen LogP contribution in [0.5, 0.6) is 0 Å². The molecule has 1 aliphatic rings. The van der Waals surface area contributed by atoms with Gasteiger partial charge in [-0.2, -0.15) is 5.26 Å². The number of carbonyl (C=O) groups excluding carboxylic acids is 1. The number of aryl methyl sites for hydroxylation is 1. The van der Waals surface area contributed by atoms with Gasteiger partial charge in [0.25, 0.3) is 5.56 Å². The van der Waals surface area contributed by atoms with Gasteiger partial charge < -0.3 is 14.9 Å². The molecule has 29 heavy (non-hydrogen) atoms. The number of nitriles is 1. The van der Waals surface area contributed by atoms with Gasteiger partial charge in [-0.05, 0) is 56.4 Å². The van der Waals surface area contributed by atoms with E-state index in [4.69, 9.17) is 0 Å². The Morgan fingerprint density at radius 3 is 2.86 bits per heavy atom. The summed E-state index contributed by atoms with van der Waals surface area (Å²) >= 11 is 0. The van der Waals surface area contributed by atoms with Gasteiger partial charge in [0.1, 0.15) is 17.5 Å². The Hall–Kier alpha value is -3.40. The first-order chi connectivity index (χ1) is 14.0. The van der Waals surface area contributed by atoms with Gasteiger partial charge in [-0.25, -0.2) is 4.98 Å². The fourth-order valence-electron chi connectivity index (χ4n) is 4.28. The molecule has 1 aliphatic heterocycles. The number of carbonyl (C=O) groups is 1. The van der Waals surface area contributed by atoms with Crippen molar-refractivity contribution in [2.75, 3.05) is 6.54 Å². The number of hydrogen-bond donors (Lipinski definition) is 2. The van der Waals surface area contributed by atoms with E-state index >= 15 is 0 Å². The molecule has 1 amide bonds. The highest BCUT2D eigenvalue weighted by molar-refractivity contribution is 5.78. The molecule has 0 bridgehead atoms. The van der Waals surface area contributed by atoms with Crippen molar-refractivity contribution in [3.63, 3.8) is 0 Å². The second kappa shape index (κ2) is 7.55. The van der Waals surface area contributed by atoms with Gasteiger partial charge in [0.2, 0.25) is 5.91 Å². The van der Waals surface area contributed by atoms with Crippen molar-refractivity contribution < 1.29 is 4.79 Å². The first-order valence-corrected chi connectivity index (χ1v) is 9.86. The lowest BCUT2D eigenvalue weighted by Gasteiger charge is -2.23. The molecule has 2 N–H and O–H groups in total. The molecule has 0 saturated carbocycles. The number of nitrogens with one attached hydrogen (secondary N) is 2. The minimum Gasteiger partial charge on any atom is -0.340 e. The van der Waals surface area contributed by atoms with Gasteiger partial charge in [-0.15, -0.1) is 0 Å². The standard InChI is InChI=1S/C22H23N5O2/c1-13-15(14(2)24-22(29)16(13)12-23)9-10-20(28)27-11-5-8-19(27)21-25-17-6-3-4-7-18(17)26-21/h3-4,6-7,19H,5,8-11H2,1-2H3,(H,24,29)(H,25,26). The number of imidazole rings is 1. The molecular weight excluding hydrogens is 366 g/mol. The summed E-state index contributed by atoms with van der Waals surface area (Å²) in [6.07, 6.45) is 2.66. The van der Waals surface area contributed by atoms with Gasteiger partial charge in [0.15, 0.2) is 0 Å². The van der Waals surface area contributed by atoms with Crippen LogP contribution in [0.25, 0.3) is 11.0 Å². The summed E-state index contributed by atoms with van der Waals surface area (Å²) in [6, 6.07) is 9.79. The minimum absolute atomic E-state index is 0.0395. The summed E-state index contributed by atoms with van der Waals surface area (Å²) in [4.78, 5) is 37.6. The Morgan fingerprint density at radius 1 is 1.31 bits per heavy atom. The zero-order valence-electron chi connectivity index (χ0n) is 16.6. The van der Waals surface area contributed by atoms with Gasteiger partial charge >= 0.3 is 0 Å². The van der Waals surface area contributed by atoms with E-state index in [9.17, 15) is 14.9 Å². The Morgan fingerprint density at radius 2 is 2.10 bits per heavy atom. The summed E-state index contributed by atoms with van der Waals surface area (Å²) in [6.45, 7) is 4.30. The van der Waals surface area contributed by atoms with Crippen molar-refractivity contribution in [2.24, 2.45) is 0 Å². The average molecular weight is 389 g/mol. The fraction of sp³-hybridized carbons (Fsp3) is 0.364. The summed E-state index contributed by atoms with van der Waals surface area (Å²) in [5, 5.41) is 9.23. The number of aromatic nitrogens is 3. The molecule has 0 aliphatic carbocycles. The molecule has 0 radical (unpaired) electrons. The van der Waals surface area contributed by atoms with Crippen LogP contribution in [0.15, 0.2) is 29.1 Å². The van der Waals surface area contributed by atoms with Crippen molar-refractivity contribution in [1.29, 1.82) is 5.26 Å². The van der Waals surface area contributed by atoms with E-state index < -0.39 is 0 Å². The second-order valence-electron chi connectivity index (χ2n) is 7.55. The molecular formula is C22H23N5O2. The van der Waals surface area contributed by atoms with Crippen LogP contribution in [0.3, 0.4) is 0 Å². The van der Waals surface area contributed by atoms with E-state index in [0.717, 1.165) is 41.0 Å². The summed E-state index contributed by atoms with van der Waals surface area (Å²) in [5.74, 6) is 0.900. The number of pyridine rings is 1. The highest BCUT2D eigenvalue weighted by Gasteiger charge is 2.32. The number of benzene rings is 1. The largest absolute Gasteiger partial charge is 0.340 e. The third-order valence-corrected chi connectivity index (χ3v) is 5.81. The smallest absolute Gasteiger partial charge is 0.266 e. The Balaban J connectivity index is 1.53. The molecule has 4 rings (SSSR count). The molecule has 0 spiro atoms. The molecule has 7 heteroatoms. The minimum atomic E-state index is -0.373. The SMILES string of the molecule is Cc1[nH]c(=O)c(C#N)c(C)c1CCC(=O)N1CCCC1c1nc2ccccc2[nH]1. The monoisotopic (exact) mass is 389 g/mol. The summed E-state index contributed by atoms with van der Waals surface area (Å²) in [7, 11) is 0. The van der Waals surface area contributed by atoms with Crippen LogP contribution in [0, 0.1) is 25.2 Å². The normalized spacial score (nSPS) is 16.3. The lowest BCUT2D eigenvalue weighted by atomic mass is 9.99. The van der Waals surface area contributed by atoms with E-state index in [-0.39, 0.29) is 23.1 Å². The number of hydrogen-bond acceptors (Lipinski definition) is 4. The van der Waals surface area contributed by atoms with Crippen molar-refractivity contribution in [1.82, 2.24) is 19.9 Å². The van der Waals surface area contributed by atoms with Gasteiger partial charge in [0, 0.05) is 18.7 Å². The Kier molecular flexibility index (Phi) is 4.93. The topological polar surface area (TPSA) is 106 Å². The molecule has 3 heterocycles. The molecule has 7 nitrogen and oxygen atoms in total. The number of para-hydroxylation sites is 2. The zero-order valence-corrected chi connectivity index (χ0v) is 16.6. The predicted molar refractivity (Wildman–Crippen MR) is 109 cm³/mol. The highest BCUT2D eigenvalue weighted by atomic mass is 16.2. The van der Waals surface area contributed by atoms with Gasteiger partial charge in [0.05, 0.1) is 17.1 Å². The zero-order chi connectivity index (χ0) is 20.5. The number of nitrogens with zero attached hydrogens (tertiary/aromatic N) is 3. The van der Waals surface area contributed by atoms with E-state index in [2.05, 4.69) is 15.0 Å². The van der Waals surface area contributed by atoms with E-state index in [1.165, 1.54) is 0 Å². The third-order valence-electron chi connectivity index (χ3n) is 5.81. The molecule has 3 aromatic rings. The Bertz CT molecular complexity index is 1150. The summed E-state index contributed by atoms with van der Waals surface area (Å²) < 4.78 is 0. The average Bonchev–Trinajstić information content (AvgIpc) is 3.34. The highest BCUT2D eigenvalue weighted by Crippen LogP contribution is 2.32. The number of likely N-dealkylation sites (tertiary alicyclic amines) is 1. The quantitative estimate of drug-likeness (QED) is 0.715. The van der Waals surface area contributed by atoms with Crippen molar-refractivity contribution in [3.8, 4) is 6.07 Å². The fourth-order valence-corrected chi connectivity index (χ4v) is 4.28. The maximum atomic E-state index is 13.0. The maximum Gasteiger partial charge on any atom is 0.266 e. The first-order valence-electron chi connectivity index (χ1n) is 9.86. The lowest BCUT2D eigenvalue weighted by molar-refractivity contribution is -0.132. The van der Waals surface area contributed by atoms with Crippen LogP contribution in [-0.4, -0.2) is 32.3 Å². The van der Waals surface area contributed by atoms with Crippen LogP contribution in [0.1, 0.15) is 53.5 Å². The van der Waals surface area contributed by atoms with E-state index in [1.807, 2.05) is 42.2 Å². The lowest BCUT2D eigenvalue weighted by Crippen LogP contribution is -2.31. The maximum absolute atomic E-state index is 13.0. The van der Waals surface area contributed by atoms with E-state index in [1.54, 1.807) is 6.92 Å². The Labute approximate surface area is 168 Å². The number of aromatic amines is 2. The number of amides is 1. The van der Waals surface area contributed by atoms with Crippen molar-refractivity contribution in [2.45, 2.75) is 45.6 Å². The number of H-pyrrole nitrogens is 2. The van der Waals surface area contributed by atoms with E-state index in [0.29, 0.717) is 24.9 Å². The molecule has 2 aromatic heterocycles. The first kappa shape index (κ1) is 18.9. The molecule has 1 aromatic carbocycles. The van der Waals surface area contributed by atoms with Gasteiger partial charge in [-0.3, -0.25) is 9.59 Å². The molecule has 148 valence electrons. The number of fused-ring (bicyclic) bond motifs is 1. The van der Waals surface area contributed by atoms with Crippen molar-refractivity contribution in [3.05, 3.63) is 62.8 Å². The van der Waals surface area contributed by atoms with Crippen LogP contribution in [-0.2, 0) is 11.2 Å². The molecule has 1 fully saturated rings. The van der Waals surface area contributed by atoms with Crippen molar-refractivity contribution >= 4 is 16.9 Å². The molecule has 1 saturated heterocycles. The second-order valence-corrected chi connectivity index (χ2v) is 7.55. The van der Waals surface area contributed by atoms with Crippen LogP contribution in [0.4, 0.5) is 0 Å². The third kappa shape index (κ3) is 3.42. The van der Waals surface area contributed by atoms with Crippen LogP contribution < -0.4 is 5.56 Å². The molecule has 1 atom stereocenters.